The van der Waals surface area contributed by atoms with Crippen LogP contribution in [0.15, 0.2) is 51.5 Å². The van der Waals surface area contributed by atoms with Crippen molar-refractivity contribution in [1.82, 2.24) is 19.9 Å². The van der Waals surface area contributed by atoms with Crippen molar-refractivity contribution in [1.29, 1.82) is 0 Å². The van der Waals surface area contributed by atoms with Crippen molar-refractivity contribution in [3.8, 4) is 11.4 Å². The monoisotopic (exact) mass is 557 g/mol. The zero-order chi connectivity index (χ0) is 24.4. The van der Waals surface area contributed by atoms with Crippen molar-refractivity contribution in [3.05, 3.63) is 63.4 Å². The van der Waals surface area contributed by atoms with Crippen LogP contribution in [-0.2, 0) is 11.3 Å². The summed E-state index contributed by atoms with van der Waals surface area (Å²) in [4.78, 5) is 24.5. The number of amides is 1. The predicted octanol–water partition coefficient (Wildman–Crippen LogP) is 5.02. The molecule has 0 N–H and O–H groups in total. The molecule has 0 bridgehead atoms. The fraction of sp³-hybridized carbons (Fsp3) is 0.423. The van der Waals surface area contributed by atoms with Gasteiger partial charge >= 0.3 is 0 Å². The van der Waals surface area contributed by atoms with Crippen LogP contribution in [0.1, 0.15) is 24.3 Å². The number of hydrogen-bond acceptors (Lipinski definition) is 6. The molecule has 1 aromatic heterocycles. The zero-order valence-corrected chi connectivity index (χ0v) is 22.1. The van der Waals surface area contributed by atoms with E-state index in [0.29, 0.717) is 18.3 Å². The van der Waals surface area contributed by atoms with Gasteiger partial charge in [-0.2, -0.15) is 4.98 Å². The van der Waals surface area contributed by atoms with Crippen molar-refractivity contribution in [2.75, 3.05) is 44.2 Å². The number of hydrogen-bond donors (Lipinski definition) is 0. The molecule has 2 fully saturated rings. The molecule has 0 radical (unpaired) electrons. The molecule has 0 spiro atoms. The van der Waals surface area contributed by atoms with E-state index in [-0.39, 0.29) is 11.8 Å². The minimum absolute atomic E-state index is 0.0112. The number of aryl methyl sites for hydroxylation is 1. The number of rotatable bonds is 5. The topological polar surface area (TPSA) is 65.7 Å². The van der Waals surface area contributed by atoms with Crippen LogP contribution in [0.4, 0.5) is 5.69 Å². The third-order valence-corrected chi connectivity index (χ3v) is 7.65. The Kier molecular flexibility index (Phi) is 7.41. The van der Waals surface area contributed by atoms with Crippen LogP contribution >= 0.6 is 27.5 Å². The van der Waals surface area contributed by atoms with Crippen molar-refractivity contribution in [2.45, 2.75) is 26.3 Å². The number of benzene rings is 2. The summed E-state index contributed by atoms with van der Waals surface area (Å²) in [7, 11) is 0. The quantitative estimate of drug-likeness (QED) is 0.438. The summed E-state index contributed by atoms with van der Waals surface area (Å²) in [5.74, 6) is 1.45. The second kappa shape index (κ2) is 10.7. The number of aromatic nitrogens is 2. The van der Waals surface area contributed by atoms with Gasteiger partial charge in [-0.15, -0.1) is 0 Å². The molecule has 7 nitrogen and oxygen atoms in total. The molecule has 0 aliphatic carbocycles. The molecule has 1 atom stereocenters. The largest absolute Gasteiger partial charge is 0.368 e. The highest BCUT2D eigenvalue weighted by molar-refractivity contribution is 9.10. The number of carbonyl (C=O) groups is 1. The first-order valence-corrected chi connectivity index (χ1v) is 13.2. The summed E-state index contributed by atoms with van der Waals surface area (Å²) in [5.41, 5.74) is 3.29. The Morgan fingerprint density at radius 3 is 2.66 bits per heavy atom. The Balaban J connectivity index is 1.16. The Morgan fingerprint density at radius 2 is 1.89 bits per heavy atom. The molecule has 2 saturated heterocycles. The average molecular weight is 559 g/mol. The number of nitrogens with zero attached hydrogens (tertiary/aromatic N) is 5. The van der Waals surface area contributed by atoms with E-state index in [4.69, 9.17) is 16.1 Å². The normalized spacial score (nSPS) is 19.2. The van der Waals surface area contributed by atoms with E-state index in [9.17, 15) is 4.79 Å². The maximum Gasteiger partial charge on any atom is 0.241 e. The van der Waals surface area contributed by atoms with Crippen LogP contribution in [0, 0.1) is 12.8 Å². The summed E-state index contributed by atoms with van der Waals surface area (Å²) < 4.78 is 6.52. The van der Waals surface area contributed by atoms with Gasteiger partial charge in [0.2, 0.25) is 17.6 Å². The van der Waals surface area contributed by atoms with Gasteiger partial charge in [-0.25, -0.2) is 0 Å². The van der Waals surface area contributed by atoms with Crippen molar-refractivity contribution < 1.29 is 9.32 Å². The van der Waals surface area contributed by atoms with Crippen LogP contribution in [0.5, 0.6) is 0 Å². The van der Waals surface area contributed by atoms with E-state index in [0.717, 1.165) is 72.9 Å². The molecule has 35 heavy (non-hydrogen) atoms. The number of likely N-dealkylation sites (tertiary alicyclic amines) is 1. The van der Waals surface area contributed by atoms with Crippen LogP contribution in [0.2, 0.25) is 5.02 Å². The Morgan fingerprint density at radius 1 is 1.11 bits per heavy atom. The first-order valence-electron chi connectivity index (χ1n) is 12.1. The molecular formula is C26H29BrClN5O2. The lowest BCUT2D eigenvalue weighted by molar-refractivity contribution is -0.137. The fourth-order valence-electron chi connectivity index (χ4n) is 4.98. The lowest BCUT2D eigenvalue weighted by atomic mass is 9.96. The molecule has 0 saturated carbocycles. The standard InChI is InChI=1S/C26H29BrClN5O2/c1-18-4-9-22(28)15-23(18)32-11-13-33(14-12-32)26(34)20-3-2-10-31(16-20)17-24-29-25(30-35-24)19-5-7-21(27)8-6-19/h4-9,15,20H,2-3,10-14,16-17H2,1H3. The van der Waals surface area contributed by atoms with Gasteiger partial charge in [-0.1, -0.05) is 38.8 Å². The number of carbonyl (C=O) groups excluding carboxylic acids is 1. The zero-order valence-electron chi connectivity index (χ0n) is 19.8. The summed E-state index contributed by atoms with van der Waals surface area (Å²) in [6.45, 7) is 7.45. The van der Waals surface area contributed by atoms with Gasteiger partial charge in [0.05, 0.1) is 12.5 Å². The van der Waals surface area contributed by atoms with Gasteiger partial charge in [0.25, 0.3) is 0 Å². The Labute approximate surface area is 219 Å². The summed E-state index contributed by atoms with van der Waals surface area (Å²) >= 11 is 9.66. The van der Waals surface area contributed by atoms with Crippen molar-refractivity contribution in [2.24, 2.45) is 5.92 Å². The number of anilines is 1. The van der Waals surface area contributed by atoms with Crippen LogP contribution in [-0.4, -0.2) is 65.1 Å². The first-order chi connectivity index (χ1) is 17.0. The first kappa shape index (κ1) is 24.3. The molecule has 1 unspecified atom stereocenters. The van der Waals surface area contributed by atoms with Gasteiger partial charge in [-0.3, -0.25) is 9.69 Å². The van der Waals surface area contributed by atoms with E-state index in [1.807, 2.05) is 41.3 Å². The molecule has 2 aliphatic heterocycles. The number of piperidine rings is 1. The van der Waals surface area contributed by atoms with Crippen LogP contribution in [0.3, 0.4) is 0 Å². The van der Waals surface area contributed by atoms with E-state index in [2.05, 4.69) is 48.9 Å². The third kappa shape index (κ3) is 5.71. The molecule has 3 aromatic rings. The highest BCUT2D eigenvalue weighted by Gasteiger charge is 2.32. The van der Waals surface area contributed by atoms with E-state index >= 15 is 0 Å². The minimum Gasteiger partial charge on any atom is -0.368 e. The third-order valence-electron chi connectivity index (χ3n) is 6.89. The summed E-state index contributed by atoms with van der Waals surface area (Å²) in [5, 5.41) is 4.88. The highest BCUT2D eigenvalue weighted by Crippen LogP contribution is 2.27. The van der Waals surface area contributed by atoms with Gasteiger partial charge in [-0.05, 0) is 68.3 Å². The Bertz CT molecular complexity index is 1180. The van der Waals surface area contributed by atoms with E-state index in [1.165, 1.54) is 5.56 Å². The van der Waals surface area contributed by atoms with E-state index in [1.54, 1.807) is 0 Å². The molecular weight excluding hydrogens is 530 g/mol. The van der Waals surface area contributed by atoms with Crippen molar-refractivity contribution in [3.63, 3.8) is 0 Å². The highest BCUT2D eigenvalue weighted by atomic mass is 79.9. The van der Waals surface area contributed by atoms with Gasteiger partial charge < -0.3 is 14.3 Å². The Hall–Kier alpha value is -2.42. The molecule has 5 rings (SSSR count). The number of piperazine rings is 1. The van der Waals surface area contributed by atoms with E-state index < -0.39 is 0 Å². The molecule has 1 amide bonds. The second-order valence-corrected chi connectivity index (χ2v) is 10.7. The van der Waals surface area contributed by atoms with Crippen molar-refractivity contribution >= 4 is 39.1 Å². The van der Waals surface area contributed by atoms with Gasteiger partial charge in [0.15, 0.2) is 0 Å². The SMILES string of the molecule is Cc1ccc(Cl)cc1N1CCN(C(=O)C2CCCN(Cc3nc(-c4ccc(Br)cc4)no3)C2)CC1. The average Bonchev–Trinajstić information content (AvgIpc) is 3.34. The lowest BCUT2D eigenvalue weighted by Gasteiger charge is -2.40. The maximum absolute atomic E-state index is 13.3. The fourth-order valence-corrected chi connectivity index (χ4v) is 5.41. The lowest BCUT2D eigenvalue weighted by Crippen LogP contribution is -2.52. The van der Waals surface area contributed by atoms with Crippen LogP contribution < -0.4 is 4.90 Å². The minimum atomic E-state index is 0.0112. The van der Waals surface area contributed by atoms with Gasteiger partial charge in [0, 0.05) is 53.5 Å². The van der Waals surface area contributed by atoms with Gasteiger partial charge in [0.1, 0.15) is 0 Å². The molecule has 9 heteroatoms. The second-order valence-electron chi connectivity index (χ2n) is 9.34. The molecule has 184 valence electrons. The maximum atomic E-state index is 13.3. The predicted molar refractivity (Wildman–Crippen MR) is 140 cm³/mol. The van der Waals surface area contributed by atoms with Crippen LogP contribution in [0.25, 0.3) is 11.4 Å². The summed E-state index contributed by atoms with van der Waals surface area (Å²) in [6, 6.07) is 13.8. The molecule has 2 aliphatic rings. The molecule has 3 heterocycles. The number of halogens is 2. The summed E-state index contributed by atoms with van der Waals surface area (Å²) in [6.07, 6.45) is 1.92. The molecule has 2 aromatic carbocycles. The smallest absolute Gasteiger partial charge is 0.241 e.